The lowest BCUT2D eigenvalue weighted by Gasteiger charge is -2.36. The fourth-order valence-corrected chi connectivity index (χ4v) is 4.36. The van der Waals surface area contributed by atoms with Gasteiger partial charge in [-0.25, -0.2) is 4.39 Å². The molecule has 2 aliphatic heterocycles. The van der Waals surface area contributed by atoms with Gasteiger partial charge in [0.1, 0.15) is 11.5 Å². The summed E-state index contributed by atoms with van der Waals surface area (Å²) in [5.74, 6) is 0.687. The van der Waals surface area contributed by atoms with Crippen molar-refractivity contribution in [1.82, 2.24) is 15.1 Å². The molecule has 1 aromatic heterocycles. The van der Waals surface area contributed by atoms with Crippen molar-refractivity contribution in [2.45, 2.75) is 18.9 Å². The van der Waals surface area contributed by atoms with Crippen LogP contribution in [0.4, 0.5) is 10.2 Å². The monoisotopic (exact) mass is 392 g/mol. The van der Waals surface area contributed by atoms with Gasteiger partial charge in [0.05, 0.1) is 6.10 Å². The van der Waals surface area contributed by atoms with Crippen LogP contribution in [0, 0.1) is 5.82 Å². The summed E-state index contributed by atoms with van der Waals surface area (Å²) in [4.78, 5) is 4.82. The summed E-state index contributed by atoms with van der Waals surface area (Å²) in [5.41, 5.74) is 1.67. The summed E-state index contributed by atoms with van der Waals surface area (Å²) in [5, 5.41) is 11.3. The molecule has 1 atom stereocenters. The van der Waals surface area contributed by atoms with E-state index < -0.39 is 0 Å². The van der Waals surface area contributed by atoms with E-state index in [9.17, 15) is 4.39 Å². The van der Waals surface area contributed by atoms with E-state index in [2.05, 4.69) is 32.1 Å². The molecular weight excluding hydrogens is 367 g/mol. The molecule has 150 valence electrons. The molecule has 0 unspecified atom stereocenters. The molecule has 29 heavy (non-hydrogen) atoms. The van der Waals surface area contributed by atoms with Crippen LogP contribution in [0.3, 0.4) is 0 Å². The Morgan fingerprint density at radius 2 is 1.69 bits per heavy atom. The molecule has 0 amide bonds. The lowest BCUT2D eigenvalue weighted by molar-refractivity contribution is 0.0712. The lowest BCUT2D eigenvalue weighted by atomic mass is 10.0. The first kappa shape index (κ1) is 18.5. The number of anilines is 1. The van der Waals surface area contributed by atoms with Gasteiger partial charge in [0, 0.05) is 55.7 Å². The minimum atomic E-state index is -0.247. The van der Waals surface area contributed by atoms with Gasteiger partial charge in [-0.05, 0) is 37.1 Å². The van der Waals surface area contributed by atoms with Crippen LogP contribution in [0.25, 0.3) is 22.0 Å². The van der Waals surface area contributed by atoms with Gasteiger partial charge in [0.25, 0.3) is 0 Å². The van der Waals surface area contributed by atoms with Crippen LogP contribution in [0.2, 0.25) is 0 Å². The van der Waals surface area contributed by atoms with Gasteiger partial charge in [0.15, 0.2) is 5.82 Å². The molecule has 0 bridgehead atoms. The molecule has 3 heterocycles. The van der Waals surface area contributed by atoms with Crippen LogP contribution in [0.1, 0.15) is 12.8 Å². The zero-order valence-electron chi connectivity index (χ0n) is 16.4. The molecule has 6 heteroatoms. The minimum Gasteiger partial charge on any atom is -0.377 e. The van der Waals surface area contributed by atoms with E-state index in [4.69, 9.17) is 4.74 Å². The Labute approximate surface area is 170 Å². The van der Waals surface area contributed by atoms with Crippen molar-refractivity contribution in [3.8, 4) is 11.3 Å². The van der Waals surface area contributed by atoms with Crippen molar-refractivity contribution in [3.05, 3.63) is 54.3 Å². The van der Waals surface area contributed by atoms with Gasteiger partial charge >= 0.3 is 0 Å². The highest BCUT2D eigenvalue weighted by Gasteiger charge is 2.24. The molecule has 2 fully saturated rings. The van der Waals surface area contributed by atoms with E-state index in [0.717, 1.165) is 67.2 Å². The Morgan fingerprint density at radius 3 is 2.41 bits per heavy atom. The fraction of sp³-hybridized carbons (Fsp3) is 0.391. The highest BCUT2D eigenvalue weighted by atomic mass is 19.1. The summed E-state index contributed by atoms with van der Waals surface area (Å²) in [7, 11) is 0. The Kier molecular flexibility index (Phi) is 5.12. The van der Waals surface area contributed by atoms with Crippen molar-refractivity contribution in [3.63, 3.8) is 0 Å². The SMILES string of the molecule is Fc1ccc(-c2nnc(N3CCN(C[C@H]4CCCO4)CC3)c3ccccc23)cc1. The number of benzene rings is 2. The number of hydrogen-bond acceptors (Lipinski definition) is 5. The molecule has 0 aliphatic carbocycles. The van der Waals surface area contributed by atoms with Gasteiger partial charge in [-0.15, -0.1) is 10.2 Å². The molecular formula is C23H25FN4O. The highest BCUT2D eigenvalue weighted by molar-refractivity contribution is 6.00. The Balaban J connectivity index is 1.38. The molecule has 3 aromatic rings. The predicted octanol–water partition coefficient (Wildman–Crippen LogP) is 3.74. The standard InChI is InChI=1S/C23H25FN4O/c24-18-9-7-17(8-10-18)22-20-5-1-2-6-21(20)23(26-25-22)28-13-11-27(12-14-28)16-19-4-3-15-29-19/h1-2,5-10,19H,3-4,11-16H2/t19-/m1/s1. The van der Waals surface area contributed by atoms with Gasteiger partial charge in [-0.2, -0.15) is 0 Å². The average molecular weight is 392 g/mol. The molecule has 2 aliphatic rings. The predicted molar refractivity (Wildman–Crippen MR) is 113 cm³/mol. The van der Waals surface area contributed by atoms with Crippen LogP contribution in [-0.2, 0) is 4.74 Å². The number of hydrogen-bond donors (Lipinski definition) is 0. The number of nitrogens with zero attached hydrogens (tertiary/aromatic N) is 4. The van der Waals surface area contributed by atoms with Gasteiger partial charge in [-0.1, -0.05) is 24.3 Å². The summed E-state index contributed by atoms with van der Waals surface area (Å²) in [6.07, 6.45) is 2.77. The van der Waals surface area contributed by atoms with Gasteiger partial charge in [-0.3, -0.25) is 4.90 Å². The van der Waals surface area contributed by atoms with Crippen molar-refractivity contribution >= 4 is 16.6 Å². The molecule has 5 nitrogen and oxygen atoms in total. The van der Waals surface area contributed by atoms with E-state index in [1.54, 1.807) is 12.1 Å². The van der Waals surface area contributed by atoms with Crippen LogP contribution < -0.4 is 4.90 Å². The second-order valence-electron chi connectivity index (χ2n) is 7.85. The molecule has 2 saturated heterocycles. The van der Waals surface area contributed by atoms with E-state index in [-0.39, 0.29) is 5.82 Å². The van der Waals surface area contributed by atoms with E-state index in [1.807, 2.05) is 12.1 Å². The number of halogens is 1. The summed E-state index contributed by atoms with van der Waals surface area (Å²) in [6.45, 7) is 5.82. The van der Waals surface area contributed by atoms with E-state index in [1.165, 1.54) is 25.0 Å². The molecule has 0 spiro atoms. The van der Waals surface area contributed by atoms with Gasteiger partial charge < -0.3 is 9.64 Å². The third-order valence-corrected chi connectivity index (χ3v) is 5.94. The van der Waals surface area contributed by atoms with Crippen molar-refractivity contribution in [2.75, 3.05) is 44.2 Å². The Hall–Kier alpha value is -2.57. The van der Waals surface area contributed by atoms with Crippen molar-refractivity contribution in [2.24, 2.45) is 0 Å². The fourth-order valence-electron chi connectivity index (χ4n) is 4.36. The Bertz CT molecular complexity index is 980. The maximum Gasteiger partial charge on any atom is 0.159 e. The first-order valence-corrected chi connectivity index (χ1v) is 10.4. The number of rotatable bonds is 4. The van der Waals surface area contributed by atoms with Crippen molar-refractivity contribution < 1.29 is 9.13 Å². The average Bonchev–Trinajstić information content (AvgIpc) is 3.27. The molecule has 5 rings (SSSR count). The third kappa shape index (κ3) is 3.82. The van der Waals surface area contributed by atoms with Crippen LogP contribution in [0.15, 0.2) is 48.5 Å². The van der Waals surface area contributed by atoms with Crippen LogP contribution in [-0.4, -0.2) is 60.5 Å². The number of piperazine rings is 1. The smallest absolute Gasteiger partial charge is 0.159 e. The molecule has 0 radical (unpaired) electrons. The van der Waals surface area contributed by atoms with E-state index in [0.29, 0.717) is 6.10 Å². The largest absolute Gasteiger partial charge is 0.377 e. The summed E-state index contributed by atoms with van der Waals surface area (Å²) in [6, 6.07) is 14.7. The topological polar surface area (TPSA) is 41.5 Å². The van der Waals surface area contributed by atoms with Crippen molar-refractivity contribution in [1.29, 1.82) is 0 Å². The lowest BCUT2D eigenvalue weighted by Crippen LogP contribution is -2.48. The molecule has 2 aromatic carbocycles. The minimum absolute atomic E-state index is 0.247. The molecule has 0 N–H and O–H groups in total. The highest BCUT2D eigenvalue weighted by Crippen LogP contribution is 2.31. The van der Waals surface area contributed by atoms with E-state index >= 15 is 0 Å². The maximum absolute atomic E-state index is 13.3. The zero-order valence-corrected chi connectivity index (χ0v) is 16.4. The number of aromatic nitrogens is 2. The summed E-state index contributed by atoms with van der Waals surface area (Å²) < 4.78 is 19.1. The second-order valence-corrected chi connectivity index (χ2v) is 7.85. The molecule has 0 saturated carbocycles. The third-order valence-electron chi connectivity index (χ3n) is 5.94. The quantitative estimate of drug-likeness (QED) is 0.677. The maximum atomic E-state index is 13.3. The first-order chi connectivity index (χ1) is 14.3. The normalized spacial score (nSPS) is 20.4. The van der Waals surface area contributed by atoms with Crippen LogP contribution in [0.5, 0.6) is 0 Å². The zero-order chi connectivity index (χ0) is 19.6. The van der Waals surface area contributed by atoms with Crippen LogP contribution >= 0.6 is 0 Å². The van der Waals surface area contributed by atoms with Gasteiger partial charge in [0.2, 0.25) is 0 Å². The summed E-state index contributed by atoms with van der Waals surface area (Å²) >= 11 is 0. The number of ether oxygens (including phenoxy) is 1. The Morgan fingerprint density at radius 1 is 0.931 bits per heavy atom. The first-order valence-electron chi connectivity index (χ1n) is 10.4. The second kappa shape index (κ2) is 8.05. The number of fused-ring (bicyclic) bond motifs is 1.